The van der Waals surface area contributed by atoms with E-state index in [1.165, 1.54) is 0 Å². The van der Waals surface area contributed by atoms with Gasteiger partial charge in [0.05, 0.1) is 18.6 Å². The number of rotatable bonds is 9. The Labute approximate surface area is 125 Å². The number of nitrogens with one attached hydrogen (secondary N) is 1. The fraction of sp³-hybridized carbons (Fsp3) is 0.533. The van der Waals surface area contributed by atoms with Crippen LogP contribution in [0.2, 0.25) is 0 Å². The number of ether oxygens (including phenoxy) is 1. The van der Waals surface area contributed by atoms with Crippen LogP contribution in [0.4, 0.5) is 5.69 Å². The number of methoxy groups -OCH3 is 1. The lowest BCUT2D eigenvalue weighted by molar-refractivity contribution is -0.113. The number of nitrogens with zero attached hydrogens (tertiary/aromatic N) is 1. The van der Waals surface area contributed by atoms with E-state index in [0.29, 0.717) is 11.5 Å². The quantitative estimate of drug-likeness (QED) is 0.711. The van der Waals surface area contributed by atoms with E-state index < -0.39 is 0 Å². The molecule has 112 valence electrons. The smallest absolute Gasteiger partial charge is 0.234 e. The summed E-state index contributed by atoms with van der Waals surface area (Å²) in [5, 5.41) is 2.88. The largest absolute Gasteiger partial charge is 0.495 e. The summed E-state index contributed by atoms with van der Waals surface area (Å²) in [5.74, 6) is 2.15. The highest BCUT2D eigenvalue weighted by Crippen LogP contribution is 2.23. The molecule has 0 aromatic heterocycles. The number of thioether (sulfide) groups is 1. The SMILES string of the molecule is CCN(CC)CCSCC(=O)Nc1ccccc1OC. The lowest BCUT2D eigenvalue weighted by Gasteiger charge is -2.17. The van der Waals surface area contributed by atoms with Crippen LogP contribution in [0.25, 0.3) is 0 Å². The van der Waals surface area contributed by atoms with Crippen molar-refractivity contribution in [3.63, 3.8) is 0 Å². The van der Waals surface area contributed by atoms with Crippen molar-refractivity contribution < 1.29 is 9.53 Å². The number of hydrogen-bond donors (Lipinski definition) is 1. The molecule has 0 saturated heterocycles. The Kier molecular flexibility index (Phi) is 8.14. The first-order chi connectivity index (χ1) is 9.71. The highest BCUT2D eigenvalue weighted by molar-refractivity contribution is 7.99. The monoisotopic (exact) mass is 296 g/mol. The van der Waals surface area contributed by atoms with E-state index in [4.69, 9.17) is 4.74 Å². The van der Waals surface area contributed by atoms with Gasteiger partial charge in [0.2, 0.25) is 5.91 Å². The van der Waals surface area contributed by atoms with Gasteiger partial charge < -0.3 is 15.0 Å². The summed E-state index contributed by atoms with van der Waals surface area (Å²) in [6.45, 7) is 7.46. The Balaban J connectivity index is 2.30. The van der Waals surface area contributed by atoms with Gasteiger partial charge in [0.1, 0.15) is 5.75 Å². The first kappa shape index (κ1) is 16.9. The van der Waals surface area contributed by atoms with Gasteiger partial charge >= 0.3 is 0 Å². The van der Waals surface area contributed by atoms with Crippen LogP contribution in [-0.4, -0.2) is 49.1 Å². The third-order valence-corrected chi connectivity index (χ3v) is 4.00. The van der Waals surface area contributed by atoms with Gasteiger partial charge in [-0.15, -0.1) is 0 Å². The average Bonchev–Trinajstić information content (AvgIpc) is 2.48. The van der Waals surface area contributed by atoms with Crippen LogP contribution in [0.15, 0.2) is 24.3 Å². The first-order valence-corrected chi connectivity index (χ1v) is 8.09. The van der Waals surface area contributed by atoms with Crippen LogP contribution in [0.3, 0.4) is 0 Å². The van der Waals surface area contributed by atoms with Crippen molar-refractivity contribution >= 4 is 23.4 Å². The summed E-state index contributed by atoms with van der Waals surface area (Å²) >= 11 is 1.66. The maximum Gasteiger partial charge on any atom is 0.234 e. The highest BCUT2D eigenvalue weighted by Gasteiger charge is 2.07. The van der Waals surface area contributed by atoms with Crippen LogP contribution in [0.5, 0.6) is 5.75 Å². The Morgan fingerprint density at radius 3 is 2.65 bits per heavy atom. The summed E-state index contributed by atoms with van der Waals surface area (Å²) in [6, 6.07) is 7.44. The van der Waals surface area contributed by atoms with Crippen LogP contribution in [0, 0.1) is 0 Å². The normalized spacial score (nSPS) is 10.6. The summed E-state index contributed by atoms with van der Waals surface area (Å²) < 4.78 is 5.20. The molecule has 0 fully saturated rings. The zero-order valence-corrected chi connectivity index (χ0v) is 13.3. The summed E-state index contributed by atoms with van der Waals surface area (Å²) in [4.78, 5) is 14.2. The maximum absolute atomic E-state index is 11.9. The molecule has 0 atom stereocenters. The molecule has 0 unspecified atom stereocenters. The summed E-state index contributed by atoms with van der Waals surface area (Å²) in [5.41, 5.74) is 0.726. The summed E-state index contributed by atoms with van der Waals surface area (Å²) in [7, 11) is 1.60. The molecule has 0 bridgehead atoms. The average molecular weight is 296 g/mol. The topological polar surface area (TPSA) is 41.6 Å². The second-order valence-electron chi connectivity index (χ2n) is 4.33. The zero-order valence-electron chi connectivity index (χ0n) is 12.5. The lowest BCUT2D eigenvalue weighted by atomic mass is 10.3. The number of carbonyl (C=O) groups excluding carboxylic acids is 1. The minimum Gasteiger partial charge on any atom is -0.495 e. The van der Waals surface area contributed by atoms with Gasteiger partial charge in [0.25, 0.3) is 0 Å². The van der Waals surface area contributed by atoms with E-state index >= 15 is 0 Å². The van der Waals surface area contributed by atoms with Crippen LogP contribution >= 0.6 is 11.8 Å². The molecule has 0 aliphatic rings. The predicted molar refractivity (Wildman–Crippen MR) is 86.7 cm³/mol. The Morgan fingerprint density at radius 2 is 2.00 bits per heavy atom. The van der Waals surface area contributed by atoms with Gasteiger partial charge in [-0.2, -0.15) is 11.8 Å². The fourth-order valence-electron chi connectivity index (χ4n) is 1.83. The van der Waals surface area contributed by atoms with E-state index in [0.717, 1.165) is 31.1 Å². The van der Waals surface area contributed by atoms with Crippen molar-refractivity contribution in [2.45, 2.75) is 13.8 Å². The third kappa shape index (κ3) is 5.84. The van der Waals surface area contributed by atoms with Crippen LogP contribution < -0.4 is 10.1 Å². The molecular weight excluding hydrogens is 272 g/mol. The zero-order chi connectivity index (χ0) is 14.8. The molecule has 0 aliphatic heterocycles. The molecule has 0 aliphatic carbocycles. The molecule has 0 saturated carbocycles. The van der Waals surface area contributed by atoms with Crippen molar-refractivity contribution in [2.75, 3.05) is 43.6 Å². The van der Waals surface area contributed by atoms with E-state index in [9.17, 15) is 4.79 Å². The van der Waals surface area contributed by atoms with E-state index in [1.54, 1.807) is 18.9 Å². The number of para-hydroxylation sites is 2. The molecule has 1 N–H and O–H groups in total. The fourth-order valence-corrected chi connectivity index (χ4v) is 2.62. The molecular formula is C15H24N2O2S. The molecule has 0 heterocycles. The first-order valence-electron chi connectivity index (χ1n) is 6.94. The number of anilines is 1. The van der Waals surface area contributed by atoms with Crippen molar-refractivity contribution in [2.24, 2.45) is 0 Å². The van der Waals surface area contributed by atoms with Gasteiger partial charge in [-0.3, -0.25) is 4.79 Å². The Bertz CT molecular complexity index is 409. The van der Waals surface area contributed by atoms with Crippen LogP contribution in [0.1, 0.15) is 13.8 Å². The van der Waals surface area contributed by atoms with Gasteiger partial charge in [-0.1, -0.05) is 26.0 Å². The molecule has 0 spiro atoms. The molecule has 1 amide bonds. The van der Waals surface area contributed by atoms with Gasteiger partial charge in [-0.25, -0.2) is 0 Å². The van der Waals surface area contributed by atoms with E-state index in [2.05, 4.69) is 24.1 Å². The Morgan fingerprint density at radius 1 is 1.30 bits per heavy atom. The van der Waals surface area contributed by atoms with Gasteiger partial charge in [-0.05, 0) is 25.2 Å². The second kappa shape index (κ2) is 9.66. The van der Waals surface area contributed by atoms with Gasteiger partial charge in [0.15, 0.2) is 0 Å². The standard InChI is InChI=1S/C15H24N2O2S/c1-4-17(5-2)10-11-20-12-15(18)16-13-8-6-7-9-14(13)19-3/h6-9H,4-5,10-12H2,1-3H3,(H,16,18). The number of benzene rings is 1. The molecule has 5 heteroatoms. The van der Waals surface area contributed by atoms with Gasteiger partial charge in [0, 0.05) is 12.3 Å². The molecule has 20 heavy (non-hydrogen) atoms. The van der Waals surface area contributed by atoms with E-state index in [1.807, 2.05) is 24.3 Å². The molecule has 1 rings (SSSR count). The second-order valence-corrected chi connectivity index (χ2v) is 5.43. The molecule has 0 radical (unpaired) electrons. The van der Waals surface area contributed by atoms with Crippen molar-refractivity contribution in [1.29, 1.82) is 0 Å². The molecule has 1 aromatic carbocycles. The third-order valence-electron chi connectivity index (χ3n) is 3.06. The molecule has 1 aromatic rings. The number of carbonyl (C=O) groups is 1. The Hall–Kier alpha value is -1.20. The van der Waals surface area contributed by atoms with Crippen molar-refractivity contribution in [3.8, 4) is 5.75 Å². The lowest BCUT2D eigenvalue weighted by Crippen LogP contribution is -2.26. The predicted octanol–water partition coefficient (Wildman–Crippen LogP) is 2.71. The summed E-state index contributed by atoms with van der Waals surface area (Å²) in [6.07, 6.45) is 0. The van der Waals surface area contributed by atoms with E-state index in [-0.39, 0.29) is 5.91 Å². The van der Waals surface area contributed by atoms with Crippen molar-refractivity contribution in [1.82, 2.24) is 4.90 Å². The maximum atomic E-state index is 11.9. The highest BCUT2D eigenvalue weighted by atomic mass is 32.2. The number of hydrogen-bond acceptors (Lipinski definition) is 4. The van der Waals surface area contributed by atoms with Crippen LogP contribution in [-0.2, 0) is 4.79 Å². The van der Waals surface area contributed by atoms with Crippen molar-refractivity contribution in [3.05, 3.63) is 24.3 Å². The number of amides is 1. The molecule has 4 nitrogen and oxygen atoms in total. The minimum absolute atomic E-state index is 0.0130. The minimum atomic E-state index is 0.0130.